The largest absolute Gasteiger partial charge is 0.469 e. The number of fused-ring (bicyclic) bond motifs is 1. The van der Waals surface area contributed by atoms with Crippen LogP contribution in [0.4, 0.5) is 5.82 Å². The van der Waals surface area contributed by atoms with E-state index in [0.29, 0.717) is 5.52 Å². The van der Waals surface area contributed by atoms with Gasteiger partial charge < -0.3 is 119 Å². The molecule has 32 heteroatoms. The summed E-state index contributed by atoms with van der Waals surface area (Å²) >= 11 is 0. The van der Waals surface area contributed by atoms with Crippen LogP contribution in [0.25, 0.3) is 11.2 Å². The fourth-order valence-corrected chi connectivity index (χ4v) is 7.84. The number of hydrogen-bond acceptors (Lipinski definition) is 24. The van der Waals surface area contributed by atoms with Crippen molar-refractivity contribution < 1.29 is 93.6 Å². The topological polar surface area (TPSA) is 526 Å². The van der Waals surface area contributed by atoms with Crippen LogP contribution in [-0.2, 0) is 32.8 Å². The summed E-state index contributed by atoms with van der Waals surface area (Å²) in [5.74, 6) is -0.865. The van der Waals surface area contributed by atoms with Crippen LogP contribution < -0.4 is 34.0 Å². The number of nitrogens with zero attached hydrogens (tertiary/aromatic N) is 6. The maximum absolute atomic E-state index is 11.3. The van der Waals surface area contributed by atoms with Crippen molar-refractivity contribution in [2.24, 2.45) is 32.9 Å². The fraction of sp³-hybridized carbons (Fsp3) is 0.774. The smallest absolute Gasteiger partial charge is 0.394 e. The van der Waals surface area contributed by atoms with Crippen LogP contribution in [0, 0.1) is 0 Å². The molecule has 19 atom stereocenters. The quantitative estimate of drug-likeness (QED) is 0.0504. The monoisotopic (exact) mass is 930 g/mol. The van der Waals surface area contributed by atoms with Gasteiger partial charge in [-0.3, -0.25) is 9.09 Å². The molecule has 358 valence electrons. The summed E-state index contributed by atoms with van der Waals surface area (Å²) < 4.78 is 45.0. The number of hydrogen-bond donors (Lipinski definition) is 18. The Morgan fingerprint density at radius 3 is 2.06 bits per heavy atom. The number of nitrogens with two attached hydrogens (primary N) is 5. The van der Waals surface area contributed by atoms with Gasteiger partial charge in [0.2, 0.25) is 0 Å². The van der Waals surface area contributed by atoms with Gasteiger partial charge in [0.1, 0.15) is 96.7 Å². The summed E-state index contributed by atoms with van der Waals surface area (Å²) in [5, 5.41) is 107. The van der Waals surface area contributed by atoms with Gasteiger partial charge in [-0.2, -0.15) is 0 Å². The molecule has 0 unspecified atom stereocenters. The van der Waals surface area contributed by atoms with E-state index in [0.717, 1.165) is 0 Å². The Morgan fingerprint density at radius 1 is 0.841 bits per heavy atom. The maximum atomic E-state index is 11.3. The molecule has 2 aromatic heterocycles. The molecule has 0 spiro atoms. The Bertz CT molecular complexity index is 1950. The SMILES string of the molecule is CN[C@@H]1[C@H](O[C@H]2[C@H](O[C@H]3[C@H](O)[C@@H](O)[C@H](N=C(N)N)[C@@H](O)[C@@H]3N=C(N)N)O[C@@H](C)[C@]2(O)CO)O[C@H](CO)[C@H](O)[C@H]1O.Nc1ncnc2c1ncn2[C@@H]1O[C@H](COP(=O)(O)O)[C@@H](O)[C@H]1O. The minimum absolute atomic E-state index is 0.142. The van der Waals surface area contributed by atoms with Crippen LogP contribution in [0.2, 0.25) is 0 Å². The van der Waals surface area contributed by atoms with E-state index in [1.807, 2.05) is 0 Å². The molecule has 63 heavy (non-hydrogen) atoms. The number of aliphatic hydroxyl groups excluding tert-OH is 9. The Balaban J connectivity index is 0.000000274. The Hall–Kier alpha value is -3.64. The van der Waals surface area contributed by atoms with Crippen molar-refractivity contribution in [2.45, 2.75) is 123 Å². The van der Waals surface area contributed by atoms with Crippen LogP contribution in [0.5, 0.6) is 0 Å². The number of aromatic nitrogens is 4. The Kier molecular flexibility index (Phi) is 16.2. The summed E-state index contributed by atoms with van der Waals surface area (Å²) in [6, 6.07) is -4.00. The molecular formula is C31H55N12O19P. The van der Waals surface area contributed by atoms with Crippen molar-refractivity contribution in [3.8, 4) is 0 Å². The van der Waals surface area contributed by atoms with E-state index in [1.54, 1.807) is 0 Å². The molecule has 1 aliphatic carbocycles. The maximum Gasteiger partial charge on any atom is 0.469 e. The van der Waals surface area contributed by atoms with Gasteiger partial charge in [-0.1, -0.05) is 0 Å². The first-order chi connectivity index (χ1) is 29.5. The van der Waals surface area contributed by atoms with Crippen molar-refractivity contribution in [1.29, 1.82) is 0 Å². The minimum Gasteiger partial charge on any atom is -0.394 e. The van der Waals surface area contributed by atoms with Gasteiger partial charge in [0.15, 0.2) is 42.2 Å². The normalized spacial score (nSPS) is 40.6. The third kappa shape index (κ3) is 10.6. The van der Waals surface area contributed by atoms with E-state index in [-0.39, 0.29) is 11.5 Å². The number of imidazole rings is 1. The van der Waals surface area contributed by atoms with Gasteiger partial charge >= 0.3 is 7.82 Å². The average molecular weight is 931 g/mol. The van der Waals surface area contributed by atoms with E-state index >= 15 is 0 Å². The lowest BCUT2D eigenvalue weighted by atomic mass is 9.81. The van der Waals surface area contributed by atoms with Gasteiger partial charge in [-0.05, 0) is 14.0 Å². The molecule has 6 rings (SSSR count). The fourth-order valence-electron chi connectivity index (χ4n) is 7.49. The molecule has 31 nitrogen and oxygen atoms in total. The van der Waals surface area contributed by atoms with Crippen LogP contribution >= 0.6 is 7.82 Å². The first-order valence-corrected chi connectivity index (χ1v) is 20.5. The van der Waals surface area contributed by atoms with Crippen LogP contribution in [0.15, 0.2) is 22.6 Å². The predicted octanol–water partition coefficient (Wildman–Crippen LogP) is -10.2. The molecule has 1 saturated carbocycles. The van der Waals surface area contributed by atoms with Gasteiger partial charge in [0, 0.05) is 0 Å². The molecule has 0 amide bonds. The lowest BCUT2D eigenvalue weighted by Gasteiger charge is -2.45. The first kappa shape index (κ1) is 50.4. The molecular weight excluding hydrogens is 875 g/mol. The number of nitrogens with one attached hydrogen (secondary N) is 1. The van der Waals surface area contributed by atoms with Crippen molar-refractivity contribution in [2.75, 3.05) is 32.6 Å². The zero-order valence-corrected chi connectivity index (χ0v) is 34.3. The second-order valence-electron chi connectivity index (χ2n) is 15.0. The minimum atomic E-state index is -4.72. The number of guanidine groups is 2. The molecule has 5 heterocycles. The molecule has 3 saturated heterocycles. The third-order valence-corrected chi connectivity index (χ3v) is 11.4. The summed E-state index contributed by atoms with van der Waals surface area (Å²) in [6.45, 7) is -0.793. The van der Waals surface area contributed by atoms with Gasteiger partial charge in [0.25, 0.3) is 0 Å². The van der Waals surface area contributed by atoms with Crippen LogP contribution in [0.1, 0.15) is 13.2 Å². The lowest BCUT2D eigenvalue weighted by molar-refractivity contribution is -0.317. The molecule has 4 fully saturated rings. The third-order valence-electron chi connectivity index (χ3n) is 10.9. The number of phosphoric acid groups is 1. The van der Waals surface area contributed by atoms with Crippen molar-refractivity contribution in [3.05, 3.63) is 12.7 Å². The van der Waals surface area contributed by atoms with E-state index in [2.05, 4.69) is 34.8 Å². The number of likely N-dealkylation sites (N-methyl/N-ethyl adjacent to an activating group) is 1. The van der Waals surface area contributed by atoms with Gasteiger partial charge in [-0.25, -0.2) is 29.5 Å². The average Bonchev–Trinajstić information content (AvgIpc) is 3.85. The molecule has 23 N–H and O–H groups in total. The van der Waals surface area contributed by atoms with E-state index in [9.17, 15) is 55.6 Å². The number of nitrogen functional groups attached to an aromatic ring is 1. The molecule has 0 bridgehead atoms. The Morgan fingerprint density at radius 2 is 1.48 bits per heavy atom. The van der Waals surface area contributed by atoms with E-state index in [1.165, 1.54) is 31.2 Å². The van der Waals surface area contributed by atoms with Crippen molar-refractivity contribution >= 4 is 36.7 Å². The number of aliphatic hydroxyl groups is 10. The van der Waals surface area contributed by atoms with E-state index in [4.69, 9.17) is 62.1 Å². The van der Waals surface area contributed by atoms with Crippen LogP contribution in [0.3, 0.4) is 0 Å². The number of ether oxygens (including phenoxy) is 5. The van der Waals surface area contributed by atoms with E-state index < -0.39 is 155 Å². The second kappa shape index (κ2) is 20.3. The first-order valence-electron chi connectivity index (χ1n) is 18.9. The van der Waals surface area contributed by atoms with Gasteiger partial charge in [-0.15, -0.1) is 0 Å². The number of aliphatic imine (C=N–C) groups is 2. The number of phosphoric ester groups is 1. The molecule has 0 radical (unpaired) electrons. The molecule has 4 aliphatic rings. The summed E-state index contributed by atoms with van der Waals surface area (Å²) in [4.78, 5) is 36.8. The zero-order chi connectivity index (χ0) is 46.9. The summed E-state index contributed by atoms with van der Waals surface area (Å²) in [7, 11) is -3.28. The summed E-state index contributed by atoms with van der Waals surface area (Å²) in [6.07, 6.45) is -19.4. The number of anilines is 1. The lowest BCUT2D eigenvalue weighted by Crippen LogP contribution is -2.66. The highest BCUT2D eigenvalue weighted by Gasteiger charge is 2.60. The molecule has 0 aromatic carbocycles. The van der Waals surface area contributed by atoms with Crippen LogP contribution in [-0.4, -0.2) is 229 Å². The highest BCUT2D eigenvalue weighted by molar-refractivity contribution is 7.46. The Labute approximate surface area is 355 Å². The van der Waals surface area contributed by atoms with Crippen molar-refractivity contribution in [3.63, 3.8) is 0 Å². The number of rotatable bonds is 13. The highest BCUT2D eigenvalue weighted by Crippen LogP contribution is 2.41. The highest BCUT2D eigenvalue weighted by atomic mass is 31.2. The van der Waals surface area contributed by atoms with Gasteiger partial charge in [0.05, 0.1) is 38.3 Å². The standard InChI is InChI=1S/C21H41N7O12.C10H14N5O7P/c1-5-21(36,4-30)16(40-17-9(26-2)13(34)10(31)6(3-29)38-17)18(37-5)39-15-8(28-20(24)25)11(32)7(27-19(22)23)12(33)14(15)35;11-8-5-9(13-2-12-8)15(3-14-5)10-7(17)6(16)4(22-10)1-21-23(18,19)20/h5-18,26,29-36H,3-4H2,1-2H3,(H4,22,23,27)(H4,24,25,28);2-4,6-7,10,16-17H,1H2,(H2,11,12,13)(H2,18,19,20)/t5-,6+,7+,8-,9-,10-,11+,12-,13-,14+,15+,16-,17-,18-,21+;4-,6-,7-,10-/m01/s1. The second-order valence-corrected chi connectivity index (χ2v) is 16.2. The molecule has 3 aliphatic heterocycles. The molecule has 2 aromatic rings. The predicted molar refractivity (Wildman–Crippen MR) is 208 cm³/mol. The zero-order valence-electron chi connectivity index (χ0n) is 33.4. The summed E-state index contributed by atoms with van der Waals surface area (Å²) in [5.41, 5.74) is 25.9. The van der Waals surface area contributed by atoms with Crippen molar-refractivity contribution in [1.82, 2.24) is 24.8 Å².